The van der Waals surface area contributed by atoms with Crippen LogP contribution < -0.4 is 5.32 Å². The minimum absolute atomic E-state index is 0.00240. The van der Waals surface area contributed by atoms with E-state index in [4.69, 9.17) is 21.6 Å². The smallest absolute Gasteiger partial charge is 0.227 e. The van der Waals surface area contributed by atoms with Gasteiger partial charge in [-0.2, -0.15) is 5.10 Å². The molecule has 2 atom stereocenters. The normalized spacial score (nSPS) is 19.4. The number of anilines is 1. The fourth-order valence-electron chi connectivity index (χ4n) is 5.49. The topological polar surface area (TPSA) is 93.2 Å². The zero-order chi connectivity index (χ0) is 27.8. The average Bonchev–Trinajstić information content (AvgIpc) is 3.55. The standard InChI is InChI=1S/C30H31ClN8O/c1-19-5-4-6-28(25-13-21(9-11-33-25)29-26(36-30(19)40)16-35-37(29)3)38-12-10-24(34-18-38)23-14-22(31)7-8-27(23)39-17-32-15-20(39)2/h7-11,13-19,28H,4-6,12H2,1-3H3,(H,36,40)/t19-,28+/m1/s1. The maximum atomic E-state index is 12.9. The van der Waals surface area contributed by atoms with Crippen molar-refractivity contribution in [3.8, 4) is 16.9 Å². The lowest BCUT2D eigenvalue weighted by Gasteiger charge is -2.32. The van der Waals surface area contributed by atoms with E-state index in [1.165, 1.54) is 0 Å². The SMILES string of the molecule is Cc1cncn1-c1ccc(Cl)cc1C1=CCN([C@H]2CCC[C@@H](C)C(=O)Nc3cnn(C)c3-c3ccnc2c3)C=N1. The Balaban J connectivity index is 1.34. The van der Waals surface area contributed by atoms with Crippen LogP contribution in [-0.2, 0) is 11.8 Å². The van der Waals surface area contributed by atoms with Gasteiger partial charge in [0.15, 0.2) is 0 Å². The van der Waals surface area contributed by atoms with Crippen LogP contribution in [0.1, 0.15) is 49.2 Å². The summed E-state index contributed by atoms with van der Waals surface area (Å²) in [6.07, 6.45) is 13.7. The number of carbonyl (C=O) groups is 1. The molecule has 2 aliphatic heterocycles. The van der Waals surface area contributed by atoms with Crippen molar-refractivity contribution in [2.75, 3.05) is 11.9 Å². The number of pyridine rings is 1. The van der Waals surface area contributed by atoms with Crippen molar-refractivity contribution in [2.24, 2.45) is 18.0 Å². The molecule has 1 N–H and O–H groups in total. The minimum Gasteiger partial charge on any atom is -0.350 e. The average molecular weight is 555 g/mol. The first-order chi connectivity index (χ1) is 19.4. The molecule has 4 aromatic rings. The van der Waals surface area contributed by atoms with E-state index in [-0.39, 0.29) is 17.9 Å². The van der Waals surface area contributed by atoms with Crippen LogP contribution in [0, 0.1) is 12.8 Å². The number of nitrogens with zero attached hydrogens (tertiary/aromatic N) is 7. The van der Waals surface area contributed by atoms with E-state index in [9.17, 15) is 4.79 Å². The number of aryl methyl sites for hydroxylation is 2. The van der Waals surface area contributed by atoms with E-state index < -0.39 is 0 Å². The van der Waals surface area contributed by atoms with Crippen LogP contribution >= 0.6 is 11.6 Å². The van der Waals surface area contributed by atoms with E-state index in [0.717, 1.165) is 58.9 Å². The van der Waals surface area contributed by atoms with Gasteiger partial charge in [-0.1, -0.05) is 24.9 Å². The third-order valence-corrected chi connectivity index (χ3v) is 7.95. The van der Waals surface area contributed by atoms with Crippen LogP contribution in [0.25, 0.3) is 22.6 Å². The van der Waals surface area contributed by atoms with Crippen molar-refractivity contribution in [1.82, 2.24) is 29.2 Å². The van der Waals surface area contributed by atoms with Crippen LogP contribution in [0.5, 0.6) is 0 Å². The Kier molecular flexibility index (Phi) is 6.98. The van der Waals surface area contributed by atoms with Crippen molar-refractivity contribution in [2.45, 2.75) is 39.2 Å². The molecule has 0 saturated carbocycles. The Morgan fingerprint density at radius 2 is 2.00 bits per heavy atom. The second kappa shape index (κ2) is 10.7. The quantitative estimate of drug-likeness (QED) is 0.345. The molecule has 2 aliphatic rings. The van der Waals surface area contributed by atoms with Gasteiger partial charge in [-0.25, -0.2) is 9.98 Å². The van der Waals surface area contributed by atoms with Crippen LogP contribution in [0.4, 0.5) is 5.69 Å². The number of hydrogen-bond donors (Lipinski definition) is 1. The maximum Gasteiger partial charge on any atom is 0.227 e. The Morgan fingerprint density at radius 1 is 1.12 bits per heavy atom. The highest BCUT2D eigenvalue weighted by Crippen LogP contribution is 2.35. The van der Waals surface area contributed by atoms with Gasteiger partial charge in [0.2, 0.25) is 5.91 Å². The van der Waals surface area contributed by atoms with Crippen molar-refractivity contribution in [1.29, 1.82) is 0 Å². The fourth-order valence-corrected chi connectivity index (χ4v) is 5.66. The van der Waals surface area contributed by atoms with Crippen molar-refractivity contribution in [3.63, 3.8) is 0 Å². The van der Waals surface area contributed by atoms with E-state index in [2.05, 4.69) is 32.4 Å². The molecule has 5 heterocycles. The first-order valence-corrected chi connectivity index (χ1v) is 13.9. The second-order valence-corrected chi connectivity index (χ2v) is 10.9. The van der Waals surface area contributed by atoms with Crippen LogP contribution in [-0.4, -0.2) is 48.0 Å². The van der Waals surface area contributed by atoms with Gasteiger partial charge in [0, 0.05) is 53.7 Å². The van der Waals surface area contributed by atoms with Gasteiger partial charge in [0.25, 0.3) is 0 Å². The molecule has 2 bridgehead atoms. The summed E-state index contributed by atoms with van der Waals surface area (Å²) in [7, 11) is 1.89. The highest BCUT2D eigenvalue weighted by molar-refractivity contribution is 6.30. The minimum atomic E-state index is -0.117. The number of aromatic nitrogens is 5. The largest absolute Gasteiger partial charge is 0.350 e. The molecule has 10 heteroatoms. The van der Waals surface area contributed by atoms with E-state index in [1.54, 1.807) is 17.2 Å². The number of hydrogen-bond acceptors (Lipinski definition) is 6. The summed E-state index contributed by atoms with van der Waals surface area (Å²) in [5.74, 6) is -0.105. The predicted molar refractivity (Wildman–Crippen MR) is 157 cm³/mol. The summed E-state index contributed by atoms with van der Waals surface area (Å²) in [5, 5.41) is 8.15. The summed E-state index contributed by atoms with van der Waals surface area (Å²) >= 11 is 6.42. The Morgan fingerprint density at radius 3 is 2.77 bits per heavy atom. The number of aliphatic imine (C=N–C) groups is 1. The summed E-state index contributed by atoms with van der Waals surface area (Å²) in [4.78, 5) is 29.1. The van der Waals surface area contributed by atoms with Crippen molar-refractivity contribution in [3.05, 3.63) is 83.3 Å². The number of amides is 1. The van der Waals surface area contributed by atoms with E-state index in [0.29, 0.717) is 17.3 Å². The van der Waals surface area contributed by atoms with Crippen LogP contribution in [0.15, 0.2) is 66.3 Å². The zero-order valence-corrected chi connectivity index (χ0v) is 23.5. The molecule has 1 aromatic carbocycles. The summed E-state index contributed by atoms with van der Waals surface area (Å²) in [5.41, 5.74) is 7.33. The Bertz CT molecular complexity index is 1630. The summed E-state index contributed by atoms with van der Waals surface area (Å²) in [6, 6.07) is 9.91. The molecule has 204 valence electrons. The number of halogens is 1. The number of fused-ring (bicyclic) bond motifs is 4. The molecular formula is C30H31ClN8O. The van der Waals surface area contributed by atoms with E-state index in [1.807, 2.05) is 68.5 Å². The first-order valence-electron chi connectivity index (χ1n) is 13.5. The lowest BCUT2D eigenvalue weighted by Crippen LogP contribution is -2.31. The molecule has 9 nitrogen and oxygen atoms in total. The van der Waals surface area contributed by atoms with Crippen LogP contribution in [0.3, 0.4) is 0 Å². The highest BCUT2D eigenvalue weighted by atomic mass is 35.5. The predicted octanol–water partition coefficient (Wildman–Crippen LogP) is 5.81. The highest BCUT2D eigenvalue weighted by Gasteiger charge is 2.26. The lowest BCUT2D eigenvalue weighted by molar-refractivity contribution is -0.119. The maximum absolute atomic E-state index is 12.9. The molecular weight excluding hydrogens is 524 g/mol. The van der Waals surface area contributed by atoms with Gasteiger partial charge in [-0.15, -0.1) is 0 Å². The number of nitrogens with one attached hydrogen (secondary N) is 1. The second-order valence-electron chi connectivity index (χ2n) is 10.4. The summed E-state index contributed by atoms with van der Waals surface area (Å²) in [6.45, 7) is 4.66. The summed E-state index contributed by atoms with van der Waals surface area (Å²) < 4.78 is 3.84. The molecule has 6 rings (SSSR count). The molecule has 40 heavy (non-hydrogen) atoms. The number of imidazole rings is 1. The molecule has 0 spiro atoms. The Labute approximate surface area is 238 Å². The molecule has 0 unspecified atom stereocenters. The number of carbonyl (C=O) groups excluding carboxylic acids is 1. The van der Waals surface area contributed by atoms with Gasteiger partial charge >= 0.3 is 0 Å². The third-order valence-electron chi connectivity index (χ3n) is 7.71. The Hall–Kier alpha value is -4.24. The monoisotopic (exact) mass is 554 g/mol. The van der Waals surface area contributed by atoms with Gasteiger partial charge in [0.1, 0.15) is 0 Å². The molecule has 3 aromatic heterocycles. The molecule has 1 amide bonds. The van der Waals surface area contributed by atoms with Gasteiger partial charge < -0.3 is 14.8 Å². The third kappa shape index (κ3) is 4.93. The molecule has 0 saturated heterocycles. The van der Waals surface area contributed by atoms with Crippen LogP contribution in [0.2, 0.25) is 5.02 Å². The van der Waals surface area contributed by atoms with Crippen molar-refractivity contribution < 1.29 is 4.79 Å². The van der Waals surface area contributed by atoms with Gasteiger partial charge in [-0.3, -0.25) is 14.5 Å². The van der Waals surface area contributed by atoms with Gasteiger partial charge in [0.05, 0.1) is 53.4 Å². The zero-order valence-electron chi connectivity index (χ0n) is 22.8. The number of benzene rings is 1. The molecule has 0 fully saturated rings. The fraction of sp³-hybridized carbons (Fsp3) is 0.300. The first kappa shape index (κ1) is 26.0. The molecule has 0 radical (unpaired) electrons. The van der Waals surface area contributed by atoms with E-state index >= 15 is 0 Å². The lowest BCUT2D eigenvalue weighted by atomic mass is 9.96. The van der Waals surface area contributed by atoms with Crippen molar-refractivity contribution >= 4 is 35.2 Å². The van der Waals surface area contributed by atoms with Gasteiger partial charge in [-0.05, 0) is 56.2 Å². The molecule has 0 aliphatic carbocycles. The number of rotatable bonds is 3.